The van der Waals surface area contributed by atoms with Crippen LogP contribution in [0.4, 0.5) is 5.69 Å². The van der Waals surface area contributed by atoms with Crippen molar-refractivity contribution in [3.63, 3.8) is 0 Å². The van der Waals surface area contributed by atoms with Gasteiger partial charge in [0, 0.05) is 18.1 Å². The average molecular weight is 508 g/mol. The Balaban J connectivity index is 2.45. The Hall–Kier alpha value is -2.58. The van der Waals surface area contributed by atoms with Crippen LogP contribution in [-0.4, -0.2) is 50.5 Å². The highest BCUT2D eigenvalue weighted by Gasteiger charge is 2.31. The molecule has 1 N–H and O–H groups in total. The van der Waals surface area contributed by atoms with E-state index in [4.69, 9.17) is 11.6 Å². The molecule has 0 spiro atoms. The van der Waals surface area contributed by atoms with Crippen LogP contribution in [0.15, 0.2) is 48.5 Å². The summed E-state index contributed by atoms with van der Waals surface area (Å²) in [7, 11) is -3.78. The van der Waals surface area contributed by atoms with Crippen LogP contribution in [0, 0.1) is 0 Å². The molecule has 0 heterocycles. The Kier molecular flexibility index (Phi) is 9.94. The second-order valence-electron chi connectivity index (χ2n) is 8.56. The van der Waals surface area contributed by atoms with Crippen LogP contribution in [0.2, 0.25) is 5.02 Å². The zero-order valence-electron chi connectivity index (χ0n) is 20.4. The molecule has 0 bridgehead atoms. The van der Waals surface area contributed by atoms with Crippen molar-refractivity contribution >= 4 is 39.1 Å². The fourth-order valence-electron chi connectivity index (χ4n) is 3.59. The van der Waals surface area contributed by atoms with Crippen molar-refractivity contribution in [3.8, 4) is 0 Å². The van der Waals surface area contributed by atoms with Crippen molar-refractivity contribution in [2.75, 3.05) is 23.7 Å². The molecule has 1 atom stereocenters. The molecule has 9 heteroatoms. The first-order chi connectivity index (χ1) is 16.0. The van der Waals surface area contributed by atoms with E-state index in [-0.39, 0.29) is 18.4 Å². The third-order valence-electron chi connectivity index (χ3n) is 5.52. The molecular weight excluding hydrogens is 474 g/mol. The summed E-state index contributed by atoms with van der Waals surface area (Å²) >= 11 is 6.33. The molecule has 0 fully saturated rings. The van der Waals surface area contributed by atoms with E-state index in [2.05, 4.69) is 5.32 Å². The van der Waals surface area contributed by atoms with Gasteiger partial charge in [0.1, 0.15) is 12.6 Å². The summed E-state index contributed by atoms with van der Waals surface area (Å²) in [5.74, 6) is -0.757. The van der Waals surface area contributed by atoms with Gasteiger partial charge in [0.15, 0.2) is 0 Å². The normalized spacial score (nSPS) is 12.3. The first kappa shape index (κ1) is 27.7. The smallest absolute Gasteiger partial charge is 0.244 e. The second kappa shape index (κ2) is 12.2. The van der Waals surface area contributed by atoms with E-state index in [1.54, 1.807) is 43.3 Å². The molecule has 0 unspecified atom stereocenters. The van der Waals surface area contributed by atoms with Crippen LogP contribution in [-0.2, 0) is 26.2 Å². The molecule has 0 aromatic heterocycles. The van der Waals surface area contributed by atoms with Gasteiger partial charge in [-0.15, -0.1) is 0 Å². The Morgan fingerprint density at radius 3 is 2.24 bits per heavy atom. The first-order valence-corrected chi connectivity index (χ1v) is 13.6. The molecular formula is C25H34ClN3O4S. The molecule has 34 heavy (non-hydrogen) atoms. The van der Waals surface area contributed by atoms with Crippen molar-refractivity contribution in [1.82, 2.24) is 10.2 Å². The highest BCUT2D eigenvalue weighted by atomic mass is 35.5. The minimum Gasteiger partial charge on any atom is -0.354 e. The maximum atomic E-state index is 13.6. The van der Waals surface area contributed by atoms with Crippen molar-refractivity contribution in [2.45, 2.75) is 52.6 Å². The quantitative estimate of drug-likeness (QED) is 0.494. The van der Waals surface area contributed by atoms with Crippen molar-refractivity contribution in [2.24, 2.45) is 0 Å². The van der Waals surface area contributed by atoms with E-state index in [1.165, 1.54) is 4.90 Å². The predicted octanol–water partition coefficient (Wildman–Crippen LogP) is 4.17. The minimum absolute atomic E-state index is 0.0496. The van der Waals surface area contributed by atoms with Crippen LogP contribution >= 0.6 is 11.6 Å². The molecule has 0 aliphatic carbocycles. The summed E-state index contributed by atoms with van der Waals surface area (Å²) in [6.45, 7) is 7.62. The van der Waals surface area contributed by atoms with Crippen molar-refractivity contribution in [1.29, 1.82) is 0 Å². The van der Waals surface area contributed by atoms with Gasteiger partial charge in [-0.2, -0.15) is 0 Å². The van der Waals surface area contributed by atoms with Gasteiger partial charge in [0.05, 0.1) is 11.9 Å². The van der Waals surface area contributed by atoms with Crippen LogP contribution in [0.3, 0.4) is 0 Å². The van der Waals surface area contributed by atoms with E-state index >= 15 is 0 Å². The number of hydrogen-bond donors (Lipinski definition) is 1. The molecule has 0 aliphatic rings. The zero-order valence-corrected chi connectivity index (χ0v) is 22.0. The molecule has 2 aromatic rings. The summed E-state index contributed by atoms with van der Waals surface area (Å²) in [5.41, 5.74) is 1.93. The number of para-hydroxylation sites is 1. The van der Waals surface area contributed by atoms with Crippen LogP contribution in [0.5, 0.6) is 0 Å². The fraction of sp³-hybridized carbons (Fsp3) is 0.440. The lowest BCUT2D eigenvalue weighted by Crippen LogP contribution is -2.51. The van der Waals surface area contributed by atoms with Gasteiger partial charge >= 0.3 is 0 Å². The Labute approximate surface area is 208 Å². The Morgan fingerprint density at radius 2 is 1.65 bits per heavy atom. The highest BCUT2D eigenvalue weighted by molar-refractivity contribution is 7.92. The molecule has 0 aliphatic heterocycles. The fourth-order valence-corrected chi connectivity index (χ4v) is 4.65. The van der Waals surface area contributed by atoms with Gasteiger partial charge in [-0.1, -0.05) is 68.8 Å². The van der Waals surface area contributed by atoms with Gasteiger partial charge < -0.3 is 10.2 Å². The SMILES string of the molecule is CCCNC(=O)[C@H](C)N(Cc1ccccc1Cl)C(=O)CN(c1ccccc1C(C)C)S(C)(=O)=O. The average Bonchev–Trinajstić information content (AvgIpc) is 2.79. The van der Waals surface area contributed by atoms with Crippen LogP contribution in [0.25, 0.3) is 0 Å². The minimum atomic E-state index is -3.78. The maximum Gasteiger partial charge on any atom is 0.244 e. The second-order valence-corrected chi connectivity index (χ2v) is 10.9. The number of rotatable bonds is 11. The van der Waals surface area contributed by atoms with Gasteiger partial charge in [0.2, 0.25) is 21.8 Å². The number of carbonyl (C=O) groups is 2. The number of nitrogens with one attached hydrogen (secondary N) is 1. The number of halogens is 1. The molecule has 0 saturated carbocycles. The summed E-state index contributed by atoms with van der Waals surface area (Å²) < 4.78 is 26.7. The van der Waals surface area contributed by atoms with Gasteiger partial charge in [-0.3, -0.25) is 13.9 Å². The van der Waals surface area contributed by atoms with E-state index in [9.17, 15) is 18.0 Å². The Morgan fingerprint density at radius 1 is 1.03 bits per heavy atom. The number of anilines is 1. The van der Waals surface area contributed by atoms with Crippen molar-refractivity contribution < 1.29 is 18.0 Å². The van der Waals surface area contributed by atoms with E-state index < -0.39 is 28.5 Å². The molecule has 2 amide bonds. The molecule has 186 valence electrons. The maximum absolute atomic E-state index is 13.6. The van der Waals surface area contributed by atoms with Gasteiger partial charge in [-0.05, 0) is 42.5 Å². The summed E-state index contributed by atoms with van der Waals surface area (Å²) in [4.78, 5) is 27.7. The lowest BCUT2D eigenvalue weighted by molar-refractivity contribution is -0.139. The van der Waals surface area contributed by atoms with Gasteiger partial charge in [-0.25, -0.2) is 8.42 Å². The summed E-state index contributed by atoms with van der Waals surface area (Å²) in [5, 5.41) is 3.27. The summed E-state index contributed by atoms with van der Waals surface area (Å²) in [6, 6.07) is 13.4. The van der Waals surface area contributed by atoms with Gasteiger partial charge in [0.25, 0.3) is 0 Å². The van der Waals surface area contributed by atoms with E-state index in [0.717, 1.165) is 22.5 Å². The number of amides is 2. The lowest BCUT2D eigenvalue weighted by atomic mass is 10.0. The molecule has 0 radical (unpaired) electrons. The number of benzene rings is 2. The standard InChI is InChI=1S/C25H34ClN3O4S/c1-6-15-27-25(31)19(4)28(16-20-11-7-9-13-22(20)26)24(30)17-29(34(5,32)33)23-14-10-8-12-21(23)18(2)3/h7-14,18-19H,6,15-17H2,1-5H3,(H,27,31)/t19-/m0/s1. The topological polar surface area (TPSA) is 86.8 Å². The van der Waals surface area contributed by atoms with E-state index in [1.807, 2.05) is 32.9 Å². The highest BCUT2D eigenvalue weighted by Crippen LogP contribution is 2.29. The number of sulfonamides is 1. The monoisotopic (exact) mass is 507 g/mol. The largest absolute Gasteiger partial charge is 0.354 e. The Bertz CT molecular complexity index is 1100. The molecule has 0 saturated heterocycles. The lowest BCUT2D eigenvalue weighted by Gasteiger charge is -2.32. The molecule has 7 nitrogen and oxygen atoms in total. The van der Waals surface area contributed by atoms with Crippen LogP contribution < -0.4 is 9.62 Å². The third kappa shape index (κ3) is 7.21. The number of nitrogens with zero attached hydrogens (tertiary/aromatic N) is 2. The van der Waals surface area contributed by atoms with E-state index in [0.29, 0.717) is 22.8 Å². The third-order valence-corrected chi connectivity index (χ3v) is 7.02. The van der Waals surface area contributed by atoms with Crippen molar-refractivity contribution in [3.05, 3.63) is 64.7 Å². The predicted molar refractivity (Wildman–Crippen MR) is 137 cm³/mol. The molecule has 2 rings (SSSR count). The van der Waals surface area contributed by atoms with Crippen LogP contribution in [0.1, 0.15) is 51.2 Å². The number of hydrogen-bond acceptors (Lipinski definition) is 4. The zero-order chi connectivity index (χ0) is 25.5. The first-order valence-electron chi connectivity index (χ1n) is 11.3. The number of carbonyl (C=O) groups excluding carboxylic acids is 2. The summed E-state index contributed by atoms with van der Waals surface area (Å²) in [6.07, 6.45) is 1.83. The molecule has 2 aromatic carbocycles.